The van der Waals surface area contributed by atoms with Gasteiger partial charge in [-0.2, -0.15) is 11.8 Å². The van der Waals surface area contributed by atoms with Crippen molar-refractivity contribution in [3.63, 3.8) is 0 Å². The average molecular weight is 269 g/mol. The lowest BCUT2D eigenvalue weighted by Crippen LogP contribution is -2.24. The van der Waals surface area contributed by atoms with Gasteiger partial charge in [0.2, 0.25) is 5.95 Å². The maximum absolute atomic E-state index is 5.14. The summed E-state index contributed by atoms with van der Waals surface area (Å²) in [6, 6.07) is 0.290. The lowest BCUT2D eigenvalue weighted by molar-refractivity contribution is 0.190. The van der Waals surface area contributed by atoms with Crippen molar-refractivity contribution in [1.29, 1.82) is 0 Å². The summed E-state index contributed by atoms with van der Waals surface area (Å²) >= 11 is 2.08. The second-order valence-corrected chi connectivity index (χ2v) is 6.18. The predicted octanol–water partition coefficient (Wildman–Crippen LogP) is 2.47. The first-order chi connectivity index (χ1) is 8.79. The second kappa shape index (κ2) is 7.04. The van der Waals surface area contributed by atoms with Gasteiger partial charge in [-0.1, -0.05) is 0 Å². The molecule has 2 heterocycles. The van der Waals surface area contributed by atoms with Crippen LogP contribution >= 0.6 is 11.8 Å². The summed E-state index contributed by atoms with van der Waals surface area (Å²) in [6.45, 7) is 3.90. The fraction of sp³-hybridized carbons (Fsp3) is 0.769. The highest BCUT2D eigenvalue weighted by atomic mass is 32.2. The van der Waals surface area contributed by atoms with Crippen molar-refractivity contribution in [3.05, 3.63) is 12.4 Å². The maximum atomic E-state index is 5.14. The molecule has 1 aliphatic heterocycles. The zero-order chi connectivity index (χ0) is 12.8. The van der Waals surface area contributed by atoms with Crippen molar-refractivity contribution in [1.82, 2.24) is 9.55 Å². The van der Waals surface area contributed by atoms with Crippen LogP contribution in [0.5, 0.6) is 0 Å². The molecule has 0 amide bonds. The molecule has 1 saturated heterocycles. The van der Waals surface area contributed by atoms with Gasteiger partial charge >= 0.3 is 0 Å². The van der Waals surface area contributed by atoms with Gasteiger partial charge in [0.15, 0.2) is 0 Å². The SMILES string of the molecule is COCC(C)Nc1nccn1CC1CCSCC1. The summed E-state index contributed by atoms with van der Waals surface area (Å²) in [5.41, 5.74) is 0. The molecule has 0 saturated carbocycles. The van der Waals surface area contributed by atoms with Gasteiger partial charge in [-0.15, -0.1) is 0 Å². The Kier molecular flexibility index (Phi) is 5.38. The van der Waals surface area contributed by atoms with Gasteiger partial charge in [0.25, 0.3) is 0 Å². The quantitative estimate of drug-likeness (QED) is 0.861. The van der Waals surface area contributed by atoms with E-state index in [1.54, 1.807) is 7.11 Å². The Morgan fingerprint density at radius 2 is 2.33 bits per heavy atom. The number of methoxy groups -OCH3 is 1. The lowest BCUT2D eigenvalue weighted by atomic mass is 10.0. The van der Waals surface area contributed by atoms with E-state index < -0.39 is 0 Å². The van der Waals surface area contributed by atoms with E-state index in [1.165, 1.54) is 24.3 Å². The van der Waals surface area contributed by atoms with Crippen LogP contribution in [-0.2, 0) is 11.3 Å². The summed E-state index contributed by atoms with van der Waals surface area (Å²) in [5.74, 6) is 4.39. The Bertz CT molecular complexity index is 350. The van der Waals surface area contributed by atoms with Gasteiger partial charge in [-0.25, -0.2) is 4.98 Å². The van der Waals surface area contributed by atoms with Gasteiger partial charge in [-0.3, -0.25) is 0 Å². The first-order valence-electron chi connectivity index (χ1n) is 6.64. The smallest absolute Gasteiger partial charge is 0.203 e. The van der Waals surface area contributed by atoms with Gasteiger partial charge in [-0.05, 0) is 37.2 Å². The largest absolute Gasteiger partial charge is 0.383 e. The monoisotopic (exact) mass is 269 g/mol. The van der Waals surface area contributed by atoms with Crippen molar-refractivity contribution in [3.8, 4) is 0 Å². The van der Waals surface area contributed by atoms with Crippen LogP contribution in [0.15, 0.2) is 12.4 Å². The van der Waals surface area contributed by atoms with Gasteiger partial charge in [0.1, 0.15) is 0 Å². The summed E-state index contributed by atoms with van der Waals surface area (Å²) in [7, 11) is 1.73. The molecule has 2 rings (SSSR count). The van der Waals surface area contributed by atoms with Crippen LogP contribution in [0.2, 0.25) is 0 Å². The van der Waals surface area contributed by atoms with Crippen molar-refractivity contribution in [2.45, 2.75) is 32.4 Å². The fourth-order valence-electron chi connectivity index (χ4n) is 2.32. The third kappa shape index (κ3) is 3.92. The molecule has 0 bridgehead atoms. The van der Waals surface area contributed by atoms with E-state index in [2.05, 4.69) is 39.8 Å². The Morgan fingerprint density at radius 1 is 1.56 bits per heavy atom. The molecular weight excluding hydrogens is 246 g/mol. The van der Waals surface area contributed by atoms with Gasteiger partial charge in [0.05, 0.1) is 6.61 Å². The number of rotatable bonds is 6. The zero-order valence-corrected chi connectivity index (χ0v) is 12.1. The van der Waals surface area contributed by atoms with E-state index in [-0.39, 0.29) is 6.04 Å². The second-order valence-electron chi connectivity index (χ2n) is 4.96. The van der Waals surface area contributed by atoms with Crippen LogP contribution in [-0.4, -0.2) is 40.8 Å². The van der Waals surface area contributed by atoms with E-state index in [0.29, 0.717) is 6.61 Å². The number of nitrogens with one attached hydrogen (secondary N) is 1. The minimum absolute atomic E-state index is 0.290. The van der Waals surface area contributed by atoms with E-state index in [0.717, 1.165) is 18.4 Å². The maximum Gasteiger partial charge on any atom is 0.203 e. The molecule has 1 fully saturated rings. The van der Waals surface area contributed by atoms with Crippen LogP contribution in [0.1, 0.15) is 19.8 Å². The Hall–Kier alpha value is -0.680. The molecule has 0 radical (unpaired) electrons. The summed E-state index contributed by atoms with van der Waals surface area (Å²) < 4.78 is 7.38. The highest BCUT2D eigenvalue weighted by Crippen LogP contribution is 2.25. The normalized spacial score (nSPS) is 18.8. The third-order valence-electron chi connectivity index (χ3n) is 3.30. The van der Waals surface area contributed by atoms with Crippen LogP contribution in [0, 0.1) is 5.92 Å². The number of hydrogen-bond donors (Lipinski definition) is 1. The number of hydrogen-bond acceptors (Lipinski definition) is 4. The van der Waals surface area contributed by atoms with Gasteiger partial charge < -0.3 is 14.6 Å². The molecule has 4 nitrogen and oxygen atoms in total. The topological polar surface area (TPSA) is 39.1 Å². The highest BCUT2D eigenvalue weighted by Gasteiger charge is 2.16. The van der Waals surface area contributed by atoms with E-state index in [9.17, 15) is 0 Å². The number of aromatic nitrogens is 2. The number of imidazole rings is 1. The molecule has 0 aliphatic carbocycles. The van der Waals surface area contributed by atoms with E-state index in [4.69, 9.17) is 4.74 Å². The standard InChI is InChI=1S/C13H23N3OS/c1-11(10-17-2)15-13-14-5-6-16(13)9-12-3-7-18-8-4-12/h5-6,11-12H,3-4,7-10H2,1-2H3,(H,14,15). The molecule has 0 aromatic carbocycles. The Balaban J connectivity index is 1.90. The molecule has 1 aromatic heterocycles. The van der Waals surface area contributed by atoms with Gasteiger partial charge in [0, 0.05) is 32.1 Å². The number of thioether (sulfide) groups is 1. The van der Waals surface area contributed by atoms with Crippen molar-refractivity contribution in [2.24, 2.45) is 5.92 Å². The highest BCUT2D eigenvalue weighted by molar-refractivity contribution is 7.99. The molecule has 102 valence electrons. The molecule has 1 aromatic rings. The average Bonchev–Trinajstić information content (AvgIpc) is 2.78. The number of ether oxygens (including phenoxy) is 1. The van der Waals surface area contributed by atoms with Crippen LogP contribution in [0.3, 0.4) is 0 Å². The van der Waals surface area contributed by atoms with Crippen molar-refractivity contribution < 1.29 is 4.74 Å². The van der Waals surface area contributed by atoms with Crippen LogP contribution in [0.4, 0.5) is 5.95 Å². The zero-order valence-electron chi connectivity index (χ0n) is 11.3. The number of nitrogens with zero attached hydrogens (tertiary/aromatic N) is 2. The third-order valence-corrected chi connectivity index (χ3v) is 4.35. The first kappa shape index (κ1) is 13.7. The van der Waals surface area contributed by atoms with E-state index >= 15 is 0 Å². The minimum Gasteiger partial charge on any atom is -0.383 e. The molecule has 1 unspecified atom stereocenters. The fourth-order valence-corrected chi connectivity index (χ4v) is 3.52. The first-order valence-corrected chi connectivity index (χ1v) is 7.79. The minimum atomic E-state index is 0.290. The summed E-state index contributed by atoms with van der Waals surface area (Å²) in [5, 5.41) is 3.40. The van der Waals surface area contributed by atoms with Crippen LogP contribution < -0.4 is 5.32 Å². The molecule has 18 heavy (non-hydrogen) atoms. The lowest BCUT2D eigenvalue weighted by Gasteiger charge is -2.23. The Morgan fingerprint density at radius 3 is 3.06 bits per heavy atom. The Labute approximate surface area is 114 Å². The van der Waals surface area contributed by atoms with Crippen LogP contribution in [0.25, 0.3) is 0 Å². The summed E-state index contributed by atoms with van der Waals surface area (Å²) in [4.78, 5) is 4.40. The molecule has 1 aliphatic rings. The molecule has 1 atom stereocenters. The number of anilines is 1. The predicted molar refractivity (Wildman–Crippen MR) is 77.2 cm³/mol. The van der Waals surface area contributed by atoms with Crippen molar-refractivity contribution in [2.75, 3.05) is 30.5 Å². The van der Waals surface area contributed by atoms with E-state index in [1.807, 2.05) is 6.20 Å². The molecular formula is C13H23N3OS. The molecule has 0 spiro atoms. The molecule has 5 heteroatoms. The summed E-state index contributed by atoms with van der Waals surface area (Å²) in [6.07, 6.45) is 6.61. The molecule has 1 N–H and O–H groups in total. The van der Waals surface area contributed by atoms with Crippen molar-refractivity contribution >= 4 is 17.7 Å².